The number of phenolic OH excluding ortho intramolecular Hbond substituents is 3. The van der Waals surface area contributed by atoms with Crippen LogP contribution < -0.4 is 14.9 Å². The molecule has 1 aliphatic rings. The first kappa shape index (κ1) is 23.6. The van der Waals surface area contributed by atoms with Crippen LogP contribution in [0.25, 0.3) is 22.3 Å². The summed E-state index contributed by atoms with van der Waals surface area (Å²) in [5.74, 6) is -1.75. The molecular formula is C22H22O12. The lowest BCUT2D eigenvalue weighted by Gasteiger charge is -2.39. The summed E-state index contributed by atoms with van der Waals surface area (Å²) in [4.78, 5) is 12.7. The van der Waals surface area contributed by atoms with Crippen LogP contribution in [-0.4, -0.2) is 80.2 Å². The third-order valence-corrected chi connectivity index (χ3v) is 5.44. The van der Waals surface area contributed by atoms with Gasteiger partial charge in [0.15, 0.2) is 16.9 Å². The number of fused-ring (bicyclic) bond motifs is 1. The van der Waals surface area contributed by atoms with E-state index in [4.69, 9.17) is 18.6 Å². The number of ether oxygens (including phenoxy) is 3. The van der Waals surface area contributed by atoms with Crippen LogP contribution >= 0.6 is 0 Å². The Morgan fingerprint density at radius 3 is 2.35 bits per heavy atom. The number of methoxy groups -OCH3 is 1. The summed E-state index contributed by atoms with van der Waals surface area (Å²) in [6.45, 7) is -0.658. The largest absolute Gasteiger partial charge is 0.507 e. The molecule has 2 heterocycles. The highest BCUT2D eigenvalue weighted by Crippen LogP contribution is 2.40. The summed E-state index contributed by atoms with van der Waals surface area (Å²) < 4.78 is 21.5. The zero-order valence-electron chi connectivity index (χ0n) is 17.7. The number of aromatic hydroxyl groups is 3. The maximum Gasteiger partial charge on any atom is 0.229 e. The molecule has 0 amide bonds. The van der Waals surface area contributed by atoms with E-state index in [1.54, 1.807) is 0 Å². The van der Waals surface area contributed by atoms with Gasteiger partial charge in [0.1, 0.15) is 52.6 Å². The number of rotatable bonds is 5. The normalized spacial score (nSPS) is 24.8. The molecule has 1 aromatic heterocycles. The number of aliphatic hydroxyl groups is 4. The SMILES string of the molecule is COc1cc(-c2cc(=O)c3c(O)cc(O[C@@H]4OC(CO)[C@@H](O)[C@H](O)C4O)cc3o2)cc(O)c1O. The summed E-state index contributed by atoms with van der Waals surface area (Å²) >= 11 is 0. The topological polar surface area (TPSA) is 200 Å². The number of aliphatic hydroxyl groups excluding tert-OH is 4. The minimum atomic E-state index is -1.69. The van der Waals surface area contributed by atoms with Crippen molar-refractivity contribution in [1.29, 1.82) is 0 Å². The molecule has 1 aliphatic heterocycles. The van der Waals surface area contributed by atoms with Crippen LogP contribution in [0.3, 0.4) is 0 Å². The molecule has 0 saturated carbocycles. The van der Waals surface area contributed by atoms with Gasteiger partial charge in [-0.25, -0.2) is 0 Å². The molecule has 34 heavy (non-hydrogen) atoms. The van der Waals surface area contributed by atoms with Gasteiger partial charge >= 0.3 is 0 Å². The van der Waals surface area contributed by atoms with Gasteiger partial charge in [-0.15, -0.1) is 0 Å². The van der Waals surface area contributed by atoms with Crippen molar-refractivity contribution in [3.05, 3.63) is 40.6 Å². The predicted molar refractivity (Wildman–Crippen MR) is 114 cm³/mol. The zero-order valence-corrected chi connectivity index (χ0v) is 17.7. The van der Waals surface area contributed by atoms with Crippen LogP contribution in [0.1, 0.15) is 0 Å². The van der Waals surface area contributed by atoms with Crippen LogP contribution in [0.4, 0.5) is 0 Å². The number of hydrogen-bond acceptors (Lipinski definition) is 12. The quantitative estimate of drug-likeness (QED) is 0.238. The van der Waals surface area contributed by atoms with Crippen molar-refractivity contribution < 1.29 is 54.4 Å². The molecule has 4 rings (SSSR count). The molecule has 182 valence electrons. The Kier molecular flexibility index (Phi) is 6.25. The van der Waals surface area contributed by atoms with Gasteiger partial charge in [-0.05, 0) is 12.1 Å². The lowest BCUT2D eigenvalue weighted by Crippen LogP contribution is -2.60. The van der Waals surface area contributed by atoms with Gasteiger partial charge in [0.25, 0.3) is 0 Å². The lowest BCUT2D eigenvalue weighted by atomic mass is 9.99. The van der Waals surface area contributed by atoms with E-state index in [0.29, 0.717) is 0 Å². The minimum absolute atomic E-state index is 0.0320. The molecule has 12 heteroatoms. The summed E-state index contributed by atoms with van der Waals surface area (Å²) in [6, 6.07) is 5.84. The summed E-state index contributed by atoms with van der Waals surface area (Å²) in [6.07, 6.45) is -7.68. The van der Waals surface area contributed by atoms with Crippen LogP contribution in [-0.2, 0) is 4.74 Å². The molecule has 0 spiro atoms. The fourth-order valence-corrected chi connectivity index (χ4v) is 3.64. The Morgan fingerprint density at radius 1 is 0.941 bits per heavy atom. The third kappa shape index (κ3) is 4.08. The molecular weight excluding hydrogens is 456 g/mol. The molecule has 2 aromatic carbocycles. The highest BCUT2D eigenvalue weighted by molar-refractivity contribution is 5.86. The van der Waals surface area contributed by atoms with Gasteiger partial charge in [-0.3, -0.25) is 4.79 Å². The molecule has 12 nitrogen and oxygen atoms in total. The van der Waals surface area contributed by atoms with Gasteiger partial charge in [0.05, 0.1) is 13.7 Å². The fourth-order valence-electron chi connectivity index (χ4n) is 3.64. The van der Waals surface area contributed by atoms with Crippen LogP contribution in [0.15, 0.2) is 39.5 Å². The van der Waals surface area contributed by atoms with Crippen molar-refractivity contribution in [3.8, 4) is 40.1 Å². The first-order valence-electron chi connectivity index (χ1n) is 10.0. The van der Waals surface area contributed by atoms with Crippen LogP contribution in [0.2, 0.25) is 0 Å². The van der Waals surface area contributed by atoms with Crippen LogP contribution in [0, 0.1) is 0 Å². The van der Waals surface area contributed by atoms with E-state index >= 15 is 0 Å². The Hall–Kier alpha value is -3.55. The molecule has 3 aromatic rings. The maximum atomic E-state index is 12.7. The molecule has 0 aliphatic carbocycles. The van der Waals surface area contributed by atoms with E-state index in [0.717, 1.165) is 18.2 Å². The van der Waals surface area contributed by atoms with Crippen molar-refractivity contribution >= 4 is 11.0 Å². The van der Waals surface area contributed by atoms with Crippen molar-refractivity contribution in [2.45, 2.75) is 30.7 Å². The average Bonchev–Trinajstić information content (AvgIpc) is 2.80. The van der Waals surface area contributed by atoms with E-state index in [1.165, 1.54) is 19.2 Å². The molecule has 2 unspecified atom stereocenters. The zero-order chi connectivity index (χ0) is 24.7. The van der Waals surface area contributed by atoms with E-state index in [2.05, 4.69) is 0 Å². The Labute approximate surface area is 191 Å². The van der Waals surface area contributed by atoms with E-state index in [-0.39, 0.29) is 33.8 Å². The van der Waals surface area contributed by atoms with Gasteiger partial charge in [0.2, 0.25) is 12.0 Å². The summed E-state index contributed by atoms with van der Waals surface area (Å²) in [5, 5.41) is 69.2. The lowest BCUT2D eigenvalue weighted by molar-refractivity contribution is -0.277. The van der Waals surface area contributed by atoms with E-state index in [1.807, 2.05) is 0 Å². The van der Waals surface area contributed by atoms with Gasteiger partial charge in [0, 0.05) is 23.8 Å². The molecule has 0 bridgehead atoms. The molecule has 7 N–H and O–H groups in total. The van der Waals surface area contributed by atoms with Crippen molar-refractivity contribution in [3.63, 3.8) is 0 Å². The maximum absolute atomic E-state index is 12.7. The summed E-state index contributed by atoms with van der Waals surface area (Å²) in [7, 11) is 1.27. The fraction of sp³-hybridized carbons (Fsp3) is 0.318. The summed E-state index contributed by atoms with van der Waals surface area (Å²) in [5.41, 5.74) is -0.570. The molecule has 1 saturated heterocycles. The highest BCUT2D eigenvalue weighted by atomic mass is 16.7. The Bertz CT molecular complexity index is 1270. The second kappa shape index (κ2) is 9.00. The molecule has 0 radical (unpaired) electrons. The number of hydrogen-bond donors (Lipinski definition) is 7. The first-order valence-corrected chi connectivity index (χ1v) is 10.0. The highest BCUT2D eigenvalue weighted by Gasteiger charge is 2.44. The second-order valence-corrected chi connectivity index (χ2v) is 7.65. The number of benzene rings is 2. The monoisotopic (exact) mass is 478 g/mol. The number of phenols is 3. The third-order valence-electron chi connectivity index (χ3n) is 5.44. The van der Waals surface area contributed by atoms with E-state index in [9.17, 15) is 40.5 Å². The average molecular weight is 478 g/mol. The Balaban J connectivity index is 1.74. The van der Waals surface area contributed by atoms with Gasteiger partial charge in [-0.2, -0.15) is 0 Å². The molecule has 1 fully saturated rings. The van der Waals surface area contributed by atoms with Crippen molar-refractivity contribution in [1.82, 2.24) is 0 Å². The van der Waals surface area contributed by atoms with Crippen molar-refractivity contribution in [2.24, 2.45) is 0 Å². The minimum Gasteiger partial charge on any atom is -0.507 e. The predicted octanol–water partition coefficient (Wildman–Crippen LogP) is -0.236. The van der Waals surface area contributed by atoms with Crippen molar-refractivity contribution in [2.75, 3.05) is 13.7 Å². The standard InChI is InChI=1S/C22H22O12/c1-31-15-3-8(2-12(26)18(15)27)13-6-11(25)17-10(24)4-9(5-14(17)33-13)32-22-21(30)20(29)19(28)16(7-23)34-22/h2-6,16,19-24,26-30H,7H2,1H3/t16?,19-,20+,21?,22-/m1/s1. The Morgan fingerprint density at radius 2 is 1.68 bits per heavy atom. The second-order valence-electron chi connectivity index (χ2n) is 7.65. The van der Waals surface area contributed by atoms with Crippen LogP contribution in [0.5, 0.6) is 28.7 Å². The van der Waals surface area contributed by atoms with E-state index < -0.39 is 60.0 Å². The smallest absolute Gasteiger partial charge is 0.229 e. The first-order chi connectivity index (χ1) is 16.1. The van der Waals surface area contributed by atoms with Gasteiger partial charge < -0.3 is 54.4 Å². The molecule has 5 atom stereocenters. The van der Waals surface area contributed by atoms with Gasteiger partial charge in [-0.1, -0.05) is 0 Å².